The molecule has 0 radical (unpaired) electrons. The maximum absolute atomic E-state index is 11.2. The fraction of sp³-hybridized carbons (Fsp3) is 0.154. The molecule has 0 spiro atoms. The van der Waals surface area contributed by atoms with Crippen LogP contribution in [0, 0.1) is 60.1 Å². The number of benzene rings is 1. The first-order chi connectivity index (χ1) is 11.3. The lowest BCUT2D eigenvalue weighted by Crippen LogP contribution is -2.25. The maximum Gasteiger partial charge on any atom is 0.318 e. The zero-order valence-electron chi connectivity index (χ0n) is 11.7. The molecular formula is C13H6N6O5. The number of allylic oxidation sites excluding steroid dienone is 1. The van der Waals surface area contributed by atoms with Gasteiger partial charge in [-0.25, -0.2) is 0 Å². The van der Waals surface area contributed by atoms with E-state index >= 15 is 0 Å². The van der Waals surface area contributed by atoms with E-state index in [1.165, 1.54) is 0 Å². The monoisotopic (exact) mass is 326 g/mol. The summed E-state index contributed by atoms with van der Waals surface area (Å²) in [5.41, 5.74) is 3.69. The lowest BCUT2D eigenvalue weighted by molar-refractivity contribution is -0.394. The SMILES string of the molecule is N#CC1=C(N)Oc2c(cc([N+](=O)[O-])cc2[N+](=O)[O-])C1C(C#N)C#N. The van der Waals surface area contributed by atoms with Gasteiger partial charge in [-0.15, -0.1) is 0 Å². The van der Waals surface area contributed by atoms with Crippen LogP contribution in [0.2, 0.25) is 0 Å². The van der Waals surface area contributed by atoms with Gasteiger partial charge in [-0.1, -0.05) is 0 Å². The number of rotatable bonds is 3. The molecule has 2 N–H and O–H groups in total. The van der Waals surface area contributed by atoms with Gasteiger partial charge < -0.3 is 10.5 Å². The van der Waals surface area contributed by atoms with Gasteiger partial charge in [-0.05, 0) is 0 Å². The number of non-ortho nitro benzene ring substituents is 1. The van der Waals surface area contributed by atoms with Gasteiger partial charge in [-0.2, -0.15) is 15.8 Å². The maximum atomic E-state index is 11.2. The second-order valence-electron chi connectivity index (χ2n) is 4.60. The van der Waals surface area contributed by atoms with Crippen LogP contribution in [0.15, 0.2) is 23.6 Å². The summed E-state index contributed by atoms with van der Waals surface area (Å²) in [6.45, 7) is 0. The average molecular weight is 326 g/mol. The standard InChI is InChI=1S/C13H6N6O5/c14-3-6(4-15)11-8-1-7(18(20)21)2-10(19(22)23)12(8)24-13(17)9(11)5-16/h1-2,6,11H,17H2. The van der Waals surface area contributed by atoms with Crippen molar-refractivity contribution in [3.63, 3.8) is 0 Å². The van der Waals surface area contributed by atoms with Crippen LogP contribution in [0.4, 0.5) is 11.4 Å². The number of nitrogens with two attached hydrogens (primary N) is 1. The number of nitriles is 3. The molecule has 0 saturated heterocycles. The van der Waals surface area contributed by atoms with Crippen molar-refractivity contribution in [2.45, 2.75) is 5.92 Å². The largest absolute Gasteiger partial charge is 0.433 e. The van der Waals surface area contributed by atoms with Crippen LogP contribution in [-0.4, -0.2) is 9.85 Å². The summed E-state index contributed by atoms with van der Waals surface area (Å²) in [5.74, 6) is -3.67. The molecule has 2 rings (SSSR count). The Morgan fingerprint density at radius 1 is 1.17 bits per heavy atom. The molecule has 118 valence electrons. The molecule has 1 aromatic carbocycles. The van der Waals surface area contributed by atoms with E-state index in [0.29, 0.717) is 6.07 Å². The van der Waals surface area contributed by atoms with Gasteiger partial charge in [0.1, 0.15) is 12.0 Å². The van der Waals surface area contributed by atoms with Crippen LogP contribution < -0.4 is 10.5 Å². The van der Waals surface area contributed by atoms with Crippen molar-refractivity contribution in [1.82, 2.24) is 0 Å². The van der Waals surface area contributed by atoms with E-state index in [9.17, 15) is 25.5 Å². The molecule has 24 heavy (non-hydrogen) atoms. The van der Waals surface area contributed by atoms with Gasteiger partial charge in [0.25, 0.3) is 5.69 Å². The third-order valence-corrected chi connectivity index (χ3v) is 3.35. The zero-order chi connectivity index (χ0) is 18.0. The summed E-state index contributed by atoms with van der Waals surface area (Å²) in [6, 6.07) is 6.58. The Balaban J connectivity index is 2.88. The van der Waals surface area contributed by atoms with Gasteiger partial charge in [0.05, 0.1) is 39.5 Å². The fourth-order valence-electron chi connectivity index (χ4n) is 2.33. The van der Waals surface area contributed by atoms with Crippen molar-refractivity contribution >= 4 is 11.4 Å². The Morgan fingerprint density at radius 3 is 2.25 bits per heavy atom. The second kappa shape index (κ2) is 5.91. The fourth-order valence-corrected chi connectivity index (χ4v) is 2.33. The minimum Gasteiger partial charge on any atom is -0.433 e. The van der Waals surface area contributed by atoms with Crippen LogP contribution in [0.5, 0.6) is 5.75 Å². The summed E-state index contributed by atoms with van der Waals surface area (Å²) in [4.78, 5) is 20.4. The summed E-state index contributed by atoms with van der Waals surface area (Å²) >= 11 is 0. The van der Waals surface area contributed by atoms with E-state index in [1.54, 1.807) is 18.2 Å². The highest BCUT2D eigenvalue weighted by Gasteiger charge is 2.40. The molecule has 1 heterocycles. The van der Waals surface area contributed by atoms with E-state index < -0.39 is 44.7 Å². The number of ether oxygens (including phenoxy) is 1. The average Bonchev–Trinajstić information content (AvgIpc) is 2.54. The highest BCUT2D eigenvalue weighted by molar-refractivity contribution is 5.64. The molecule has 11 heteroatoms. The van der Waals surface area contributed by atoms with Gasteiger partial charge in [0.15, 0.2) is 0 Å². The highest BCUT2D eigenvalue weighted by Crippen LogP contribution is 2.47. The minimum atomic E-state index is -1.44. The van der Waals surface area contributed by atoms with Gasteiger partial charge in [0, 0.05) is 11.6 Å². The van der Waals surface area contributed by atoms with E-state index in [1.807, 2.05) is 0 Å². The van der Waals surface area contributed by atoms with E-state index in [2.05, 4.69) is 0 Å². The van der Waals surface area contributed by atoms with Crippen LogP contribution >= 0.6 is 0 Å². The number of fused-ring (bicyclic) bond motifs is 1. The Hall–Kier alpha value is -4.17. The number of nitrogens with zero attached hydrogens (tertiary/aromatic N) is 5. The van der Waals surface area contributed by atoms with Crippen LogP contribution in [-0.2, 0) is 0 Å². The van der Waals surface area contributed by atoms with Crippen molar-refractivity contribution in [2.75, 3.05) is 0 Å². The molecule has 1 aliphatic rings. The molecule has 0 aliphatic carbocycles. The van der Waals surface area contributed by atoms with Crippen molar-refractivity contribution in [2.24, 2.45) is 11.7 Å². The zero-order valence-corrected chi connectivity index (χ0v) is 11.7. The molecule has 0 aromatic heterocycles. The summed E-state index contributed by atoms with van der Waals surface area (Å²) in [7, 11) is 0. The normalized spacial score (nSPS) is 15.5. The molecule has 0 amide bonds. The highest BCUT2D eigenvalue weighted by atomic mass is 16.6. The van der Waals surface area contributed by atoms with E-state index in [-0.39, 0.29) is 11.1 Å². The van der Waals surface area contributed by atoms with Crippen molar-refractivity contribution < 1.29 is 14.6 Å². The molecule has 1 atom stereocenters. The second-order valence-corrected chi connectivity index (χ2v) is 4.60. The van der Waals surface area contributed by atoms with Gasteiger partial charge >= 0.3 is 5.69 Å². The third kappa shape index (κ3) is 2.40. The molecule has 0 bridgehead atoms. The predicted octanol–water partition coefficient (Wildman–Crippen LogP) is 1.34. The number of nitro benzene ring substituents is 2. The number of hydrogen-bond acceptors (Lipinski definition) is 9. The minimum absolute atomic E-state index is 0.185. The predicted molar refractivity (Wildman–Crippen MR) is 74.7 cm³/mol. The summed E-state index contributed by atoms with van der Waals surface area (Å²) in [6.07, 6.45) is 0. The molecule has 11 nitrogen and oxygen atoms in total. The van der Waals surface area contributed by atoms with Crippen LogP contribution in [0.1, 0.15) is 11.5 Å². The van der Waals surface area contributed by atoms with Gasteiger partial charge in [0.2, 0.25) is 11.6 Å². The van der Waals surface area contributed by atoms with Gasteiger partial charge in [-0.3, -0.25) is 20.2 Å². The Labute approximate surface area is 133 Å². The Bertz CT molecular complexity index is 902. The first-order valence-corrected chi connectivity index (χ1v) is 6.19. The number of nitro groups is 2. The summed E-state index contributed by atoms with van der Waals surface area (Å²) in [5, 5.41) is 49.6. The van der Waals surface area contributed by atoms with Crippen molar-refractivity contribution in [3.05, 3.63) is 49.4 Å². The first kappa shape index (κ1) is 16.2. The number of hydrogen-bond donors (Lipinski definition) is 1. The molecule has 0 fully saturated rings. The van der Waals surface area contributed by atoms with Crippen molar-refractivity contribution in [3.8, 4) is 24.0 Å². The van der Waals surface area contributed by atoms with Crippen molar-refractivity contribution in [1.29, 1.82) is 15.8 Å². The Morgan fingerprint density at radius 2 is 1.79 bits per heavy atom. The van der Waals surface area contributed by atoms with E-state index in [0.717, 1.165) is 6.07 Å². The molecule has 0 saturated carbocycles. The molecule has 1 aliphatic heterocycles. The molecule has 1 unspecified atom stereocenters. The van der Waals surface area contributed by atoms with Crippen LogP contribution in [0.3, 0.4) is 0 Å². The molecule has 1 aromatic rings. The first-order valence-electron chi connectivity index (χ1n) is 6.19. The lowest BCUT2D eigenvalue weighted by atomic mass is 9.80. The topological polar surface area (TPSA) is 193 Å². The van der Waals surface area contributed by atoms with E-state index in [4.69, 9.17) is 21.0 Å². The summed E-state index contributed by atoms with van der Waals surface area (Å²) < 4.78 is 5.08. The van der Waals surface area contributed by atoms with Crippen LogP contribution in [0.25, 0.3) is 0 Å². The lowest BCUT2D eigenvalue weighted by Gasteiger charge is -2.25. The Kier molecular flexibility index (Phi) is 3.99. The molecular weight excluding hydrogens is 320 g/mol. The quantitative estimate of drug-likeness (QED) is 0.629. The third-order valence-electron chi connectivity index (χ3n) is 3.35. The smallest absolute Gasteiger partial charge is 0.318 e.